The number of nitrogens with one attached hydrogen (secondary N) is 1. The molecule has 1 atom stereocenters. The van der Waals surface area contributed by atoms with Crippen molar-refractivity contribution in [3.05, 3.63) is 54.1 Å². The van der Waals surface area contributed by atoms with Crippen molar-refractivity contribution in [2.45, 2.75) is 12.5 Å². The van der Waals surface area contributed by atoms with Gasteiger partial charge in [0.2, 0.25) is 5.91 Å². The number of carbonyl (C=O) groups is 1. The van der Waals surface area contributed by atoms with Crippen LogP contribution in [-0.2, 0) is 11.2 Å². The van der Waals surface area contributed by atoms with Crippen molar-refractivity contribution in [1.29, 1.82) is 0 Å². The third-order valence-corrected chi connectivity index (χ3v) is 3.10. The number of carbonyl (C=O) groups excluding carboxylic acids is 1. The summed E-state index contributed by atoms with van der Waals surface area (Å²) in [4.78, 5) is 12.0. The van der Waals surface area contributed by atoms with Crippen LogP contribution in [0.2, 0.25) is 0 Å². The van der Waals surface area contributed by atoms with Crippen molar-refractivity contribution >= 4 is 11.6 Å². The highest BCUT2D eigenvalue weighted by molar-refractivity contribution is 5.96. The van der Waals surface area contributed by atoms with Gasteiger partial charge in [-0.25, -0.2) is 0 Å². The number of methoxy groups -OCH3 is 1. The van der Waals surface area contributed by atoms with Gasteiger partial charge in [0.1, 0.15) is 11.5 Å². The molecule has 0 unspecified atom stereocenters. The number of hydrogen-bond acceptors (Lipinski definition) is 4. The number of benzene rings is 2. The molecule has 1 amide bonds. The molecule has 0 bridgehead atoms. The van der Waals surface area contributed by atoms with Gasteiger partial charge in [0.05, 0.1) is 18.8 Å². The van der Waals surface area contributed by atoms with Gasteiger partial charge in [0.25, 0.3) is 0 Å². The van der Waals surface area contributed by atoms with Crippen molar-refractivity contribution in [3.8, 4) is 11.5 Å². The van der Waals surface area contributed by atoms with E-state index in [9.17, 15) is 9.90 Å². The molecule has 0 aliphatic carbocycles. The minimum Gasteiger partial charge on any atom is -0.506 e. The van der Waals surface area contributed by atoms with Crippen LogP contribution in [0.3, 0.4) is 0 Å². The Hall–Kier alpha value is -2.53. The Labute approximate surface area is 123 Å². The summed E-state index contributed by atoms with van der Waals surface area (Å²) in [5.41, 5.74) is 7.18. The summed E-state index contributed by atoms with van der Waals surface area (Å²) < 4.78 is 4.98. The van der Waals surface area contributed by atoms with Gasteiger partial charge in [-0.3, -0.25) is 4.79 Å². The smallest absolute Gasteiger partial charge is 0.241 e. The van der Waals surface area contributed by atoms with E-state index in [-0.39, 0.29) is 11.7 Å². The highest BCUT2D eigenvalue weighted by atomic mass is 16.5. The fraction of sp³-hybridized carbons (Fsp3) is 0.188. The van der Waals surface area contributed by atoms with Crippen LogP contribution in [0, 0.1) is 0 Å². The van der Waals surface area contributed by atoms with Crippen LogP contribution >= 0.6 is 0 Å². The second-order valence-electron chi connectivity index (χ2n) is 4.67. The summed E-state index contributed by atoms with van der Waals surface area (Å²) in [6.07, 6.45) is 0.434. The molecule has 0 spiro atoms. The zero-order valence-corrected chi connectivity index (χ0v) is 11.7. The van der Waals surface area contributed by atoms with Crippen LogP contribution in [-0.4, -0.2) is 24.2 Å². The molecule has 0 aliphatic rings. The Morgan fingerprint density at radius 3 is 2.62 bits per heavy atom. The number of aromatic hydroxyl groups is 1. The largest absolute Gasteiger partial charge is 0.506 e. The monoisotopic (exact) mass is 286 g/mol. The maximum atomic E-state index is 12.0. The van der Waals surface area contributed by atoms with Gasteiger partial charge in [-0.1, -0.05) is 30.3 Å². The number of anilines is 1. The lowest BCUT2D eigenvalue weighted by Crippen LogP contribution is -2.37. The van der Waals surface area contributed by atoms with E-state index >= 15 is 0 Å². The zero-order chi connectivity index (χ0) is 15.2. The number of phenols is 1. The lowest BCUT2D eigenvalue weighted by Gasteiger charge is -2.13. The van der Waals surface area contributed by atoms with Crippen LogP contribution in [0.15, 0.2) is 48.5 Å². The Kier molecular flexibility index (Phi) is 4.79. The molecule has 2 aromatic carbocycles. The maximum absolute atomic E-state index is 12.0. The van der Waals surface area contributed by atoms with Crippen LogP contribution in [0.4, 0.5) is 5.69 Å². The minimum absolute atomic E-state index is 0.0605. The Morgan fingerprint density at radius 1 is 1.29 bits per heavy atom. The van der Waals surface area contributed by atoms with E-state index < -0.39 is 6.04 Å². The van der Waals surface area contributed by atoms with Crippen molar-refractivity contribution in [1.82, 2.24) is 0 Å². The highest BCUT2D eigenvalue weighted by Crippen LogP contribution is 2.27. The molecule has 2 rings (SSSR count). The molecule has 0 saturated carbocycles. The van der Waals surface area contributed by atoms with Gasteiger partial charge < -0.3 is 20.9 Å². The fourth-order valence-electron chi connectivity index (χ4n) is 1.93. The van der Waals surface area contributed by atoms with E-state index in [2.05, 4.69) is 5.32 Å². The third-order valence-electron chi connectivity index (χ3n) is 3.10. The van der Waals surface area contributed by atoms with Gasteiger partial charge in [-0.2, -0.15) is 0 Å². The Bertz CT molecular complexity index is 614. The first kappa shape index (κ1) is 14.9. The van der Waals surface area contributed by atoms with E-state index in [1.54, 1.807) is 12.1 Å². The molecule has 21 heavy (non-hydrogen) atoms. The van der Waals surface area contributed by atoms with Crippen LogP contribution < -0.4 is 15.8 Å². The topological polar surface area (TPSA) is 84.6 Å². The Morgan fingerprint density at radius 2 is 2.00 bits per heavy atom. The predicted molar refractivity (Wildman–Crippen MR) is 81.4 cm³/mol. The standard InChI is InChI=1S/C16H18N2O3/c1-21-12-7-8-14(15(19)10-12)18-16(20)13(17)9-11-5-3-2-4-6-11/h2-8,10,13,19H,9,17H2,1H3,(H,18,20)/t13-/m0/s1. The van der Waals surface area contributed by atoms with Crippen LogP contribution in [0.5, 0.6) is 11.5 Å². The first-order valence-electron chi connectivity index (χ1n) is 6.57. The number of ether oxygens (including phenoxy) is 1. The Balaban J connectivity index is 2.00. The van der Waals surface area contributed by atoms with Crippen LogP contribution in [0.25, 0.3) is 0 Å². The quantitative estimate of drug-likeness (QED) is 0.733. The molecule has 0 radical (unpaired) electrons. The SMILES string of the molecule is COc1ccc(NC(=O)[C@@H](N)Cc2ccccc2)c(O)c1. The molecule has 110 valence electrons. The molecule has 2 aromatic rings. The summed E-state index contributed by atoms with van der Waals surface area (Å²) in [6, 6.07) is 13.5. The van der Waals surface area contributed by atoms with E-state index in [1.807, 2.05) is 30.3 Å². The summed E-state index contributed by atoms with van der Waals surface area (Å²) >= 11 is 0. The third kappa shape index (κ3) is 3.97. The van der Waals surface area contributed by atoms with Gasteiger partial charge in [-0.15, -0.1) is 0 Å². The molecule has 4 N–H and O–H groups in total. The molecule has 5 heteroatoms. The molecule has 5 nitrogen and oxygen atoms in total. The first-order chi connectivity index (χ1) is 10.1. The van der Waals surface area contributed by atoms with Crippen LogP contribution in [0.1, 0.15) is 5.56 Å². The lowest BCUT2D eigenvalue weighted by atomic mass is 10.1. The highest BCUT2D eigenvalue weighted by Gasteiger charge is 2.15. The molecule has 0 fully saturated rings. The van der Waals surface area contributed by atoms with Crippen molar-refractivity contribution in [2.75, 3.05) is 12.4 Å². The van der Waals surface area contributed by atoms with Crippen molar-refractivity contribution < 1.29 is 14.6 Å². The number of amides is 1. The van der Waals surface area contributed by atoms with Gasteiger partial charge in [0, 0.05) is 6.07 Å². The van der Waals surface area contributed by atoms with Crippen molar-refractivity contribution in [2.24, 2.45) is 5.73 Å². The predicted octanol–water partition coefficient (Wildman–Crippen LogP) is 1.91. The second kappa shape index (κ2) is 6.76. The summed E-state index contributed by atoms with van der Waals surface area (Å²) in [5.74, 6) is 0.105. The maximum Gasteiger partial charge on any atom is 0.241 e. The average Bonchev–Trinajstić information content (AvgIpc) is 2.50. The first-order valence-corrected chi connectivity index (χ1v) is 6.57. The number of hydrogen-bond donors (Lipinski definition) is 3. The van der Waals surface area contributed by atoms with E-state index in [0.717, 1.165) is 5.56 Å². The summed E-state index contributed by atoms with van der Waals surface area (Å²) in [7, 11) is 1.50. The molecule has 0 saturated heterocycles. The zero-order valence-electron chi connectivity index (χ0n) is 11.7. The summed E-state index contributed by atoms with van der Waals surface area (Å²) in [6.45, 7) is 0. The molecule has 0 aromatic heterocycles. The second-order valence-corrected chi connectivity index (χ2v) is 4.67. The summed E-state index contributed by atoms with van der Waals surface area (Å²) in [5, 5.41) is 12.4. The van der Waals surface area contributed by atoms with E-state index in [0.29, 0.717) is 17.9 Å². The van der Waals surface area contributed by atoms with E-state index in [4.69, 9.17) is 10.5 Å². The van der Waals surface area contributed by atoms with Gasteiger partial charge in [0.15, 0.2) is 0 Å². The average molecular weight is 286 g/mol. The van der Waals surface area contributed by atoms with E-state index in [1.165, 1.54) is 13.2 Å². The van der Waals surface area contributed by atoms with Gasteiger partial charge in [-0.05, 0) is 24.1 Å². The fourth-order valence-corrected chi connectivity index (χ4v) is 1.93. The number of phenolic OH excluding ortho intramolecular Hbond substituents is 1. The number of nitrogens with two attached hydrogens (primary N) is 1. The molecule has 0 heterocycles. The van der Waals surface area contributed by atoms with Gasteiger partial charge >= 0.3 is 0 Å². The lowest BCUT2D eigenvalue weighted by molar-refractivity contribution is -0.117. The number of rotatable bonds is 5. The van der Waals surface area contributed by atoms with Crippen molar-refractivity contribution in [3.63, 3.8) is 0 Å². The molecular formula is C16H18N2O3. The molecular weight excluding hydrogens is 268 g/mol. The normalized spacial score (nSPS) is 11.7. The molecule has 0 aliphatic heterocycles. The minimum atomic E-state index is -0.686.